The molecule has 0 bridgehead atoms. The number of carbonyl (C=O) groups excluding carboxylic acids is 1. The molecule has 3 heteroatoms. The van der Waals surface area contributed by atoms with Crippen molar-refractivity contribution in [2.24, 2.45) is 5.92 Å². The maximum absolute atomic E-state index is 11.9. The molecule has 0 atom stereocenters. The second-order valence-corrected chi connectivity index (χ2v) is 6.33. The third kappa shape index (κ3) is 2.86. The fourth-order valence-corrected chi connectivity index (χ4v) is 3.52. The lowest BCUT2D eigenvalue weighted by atomic mass is 10.00. The van der Waals surface area contributed by atoms with Gasteiger partial charge in [-0.25, -0.2) is 0 Å². The predicted molar refractivity (Wildman–Crippen MR) is 69.6 cm³/mol. The second kappa shape index (κ2) is 5.33. The Labute approximate surface area is 106 Å². The molecule has 0 saturated heterocycles. The van der Waals surface area contributed by atoms with Crippen molar-refractivity contribution < 1.29 is 4.79 Å². The van der Waals surface area contributed by atoms with Crippen LogP contribution in [-0.2, 0) is 0 Å². The summed E-state index contributed by atoms with van der Waals surface area (Å²) in [5.74, 6) is 1.06. The molecule has 1 aromatic heterocycles. The summed E-state index contributed by atoms with van der Waals surface area (Å²) in [5, 5.41) is 0. The summed E-state index contributed by atoms with van der Waals surface area (Å²) < 4.78 is 0.754. The molecule has 0 aromatic carbocycles. The van der Waals surface area contributed by atoms with Gasteiger partial charge in [0, 0.05) is 6.42 Å². The van der Waals surface area contributed by atoms with E-state index >= 15 is 0 Å². The van der Waals surface area contributed by atoms with Crippen LogP contribution in [-0.4, -0.2) is 5.78 Å². The second-order valence-electron chi connectivity index (χ2n) is 4.68. The molecular formula is C13H17ClOS. The summed E-state index contributed by atoms with van der Waals surface area (Å²) in [5.41, 5.74) is 1.02. The molecule has 0 amide bonds. The fraction of sp³-hybridized carbons (Fsp3) is 0.615. The molecule has 1 aliphatic carbocycles. The number of thiophene rings is 1. The van der Waals surface area contributed by atoms with Crippen LogP contribution >= 0.6 is 22.9 Å². The van der Waals surface area contributed by atoms with Crippen molar-refractivity contribution >= 4 is 28.7 Å². The Bertz CT molecular complexity index is 358. The highest BCUT2D eigenvalue weighted by atomic mass is 35.5. The van der Waals surface area contributed by atoms with Crippen molar-refractivity contribution in [3.8, 4) is 0 Å². The number of aryl methyl sites for hydroxylation is 1. The number of rotatable bonds is 4. The molecule has 1 aromatic rings. The predicted octanol–water partition coefficient (Wildman–Crippen LogP) is 4.86. The number of Topliss-reactive ketones (excluding diaryl/α,β-unsaturated/α-hetero) is 1. The van der Waals surface area contributed by atoms with Crippen molar-refractivity contribution in [2.75, 3.05) is 0 Å². The SMILES string of the molecule is Cc1cc(C(=O)CCC2CCCC2)sc1Cl. The zero-order chi connectivity index (χ0) is 11.5. The highest BCUT2D eigenvalue weighted by Crippen LogP contribution is 2.31. The summed E-state index contributed by atoms with van der Waals surface area (Å²) in [6, 6.07) is 1.92. The first-order valence-corrected chi connectivity index (χ1v) is 7.15. The first-order chi connectivity index (χ1) is 7.66. The van der Waals surface area contributed by atoms with E-state index in [2.05, 4.69) is 0 Å². The van der Waals surface area contributed by atoms with Crippen LogP contribution < -0.4 is 0 Å². The molecule has 88 valence electrons. The highest BCUT2D eigenvalue weighted by molar-refractivity contribution is 7.18. The summed E-state index contributed by atoms with van der Waals surface area (Å²) in [7, 11) is 0. The van der Waals surface area contributed by atoms with Gasteiger partial charge >= 0.3 is 0 Å². The molecule has 1 fully saturated rings. The van der Waals surface area contributed by atoms with Crippen molar-refractivity contribution in [1.29, 1.82) is 0 Å². The third-order valence-electron chi connectivity index (χ3n) is 3.39. The van der Waals surface area contributed by atoms with Gasteiger partial charge in [0.1, 0.15) is 0 Å². The van der Waals surface area contributed by atoms with Crippen LogP contribution in [0, 0.1) is 12.8 Å². The minimum atomic E-state index is 0.270. The monoisotopic (exact) mass is 256 g/mol. The first-order valence-electron chi connectivity index (χ1n) is 5.96. The summed E-state index contributed by atoms with van der Waals surface area (Å²) in [4.78, 5) is 12.8. The minimum Gasteiger partial charge on any atom is -0.293 e. The lowest BCUT2D eigenvalue weighted by Gasteiger charge is -2.06. The molecular weight excluding hydrogens is 240 g/mol. The van der Waals surface area contributed by atoms with E-state index in [1.807, 2.05) is 13.0 Å². The number of halogens is 1. The average Bonchev–Trinajstić information content (AvgIpc) is 2.86. The van der Waals surface area contributed by atoms with Crippen LogP contribution in [0.1, 0.15) is 53.8 Å². The van der Waals surface area contributed by atoms with E-state index in [1.54, 1.807) is 0 Å². The van der Waals surface area contributed by atoms with Gasteiger partial charge in [-0.3, -0.25) is 4.79 Å². The van der Waals surface area contributed by atoms with E-state index in [-0.39, 0.29) is 5.78 Å². The van der Waals surface area contributed by atoms with Crippen LogP contribution in [0.4, 0.5) is 0 Å². The van der Waals surface area contributed by atoms with Gasteiger partial charge in [-0.2, -0.15) is 0 Å². The van der Waals surface area contributed by atoms with Crippen LogP contribution in [0.2, 0.25) is 4.34 Å². The third-order valence-corrected chi connectivity index (χ3v) is 4.98. The standard InChI is InChI=1S/C13H17ClOS/c1-9-8-12(16-13(9)14)11(15)7-6-10-4-2-3-5-10/h8,10H,2-7H2,1H3. The van der Waals surface area contributed by atoms with Gasteiger partial charge in [-0.05, 0) is 30.9 Å². The lowest BCUT2D eigenvalue weighted by Crippen LogP contribution is -2.01. The Morgan fingerprint density at radius 3 is 2.75 bits per heavy atom. The van der Waals surface area contributed by atoms with Gasteiger partial charge in [0.15, 0.2) is 5.78 Å². The van der Waals surface area contributed by atoms with Gasteiger partial charge in [0.05, 0.1) is 9.21 Å². The molecule has 0 N–H and O–H groups in total. The molecule has 1 saturated carbocycles. The van der Waals surface area contributed by atoms with Crippen LogP contribution in [0.3, 0.4) is 0 Å². The van der Waals surface area contributed by atoms with Gasteiger partial charge < -0.3 is 0 Å². The molecule has 0 aliphatic heterocycles. The highest BCUT2D eigenvalue weighted by Gasteiger charge is 2.18. The molecule has 0 spiro atoms. The Hall–Kier alpha value is -0.340. The van der Waals surface area contributed by atoms with E-state index < -0.39 is 0 Å². The van der Waals surface area contributed by atoms with Gasteiger partial charge in [-0.15, -0.1) is 11.3 Å². The van der Waals surface area contributed by atoms with E-state index in [0.29, 0.717) is 6.42 Å². The van der Waals surface area contributed by atoms with E-state index in [1.165, 1.54) is 37.0 Å². The smallest absolute Gasteiger partial charge is 0.172 e. The maximum Gasteiger partial charge on any atom is 0.172 e. The van der Waals surface area contributed by atoms with E-state index in [0.717, 1.165) is 27.1 Å². The number of ketones is 1. The quantitative estimate of drug-likeness (QED) is 0.703. The summed E-state index contributed by atoms with van der Waals surface area (Å²) in [6.45, 7) is 1.95. The van der Waals surface area contributed by atoms with Gasteiger partial charge in [0.2, 0.25) is 0 Å². The van der Waals surface area contributed by atoms with Gasteiger partial charge in [-0.1, -0.05) is 37.3 Å². The van der Waals surface area contributed by atoms with Crippen LogP contribution in [0.5, 0.6) is 0 Å². The molecule has 16 heavy (non-hydrogen) atoms. The number of carbonyl (C=O) groups is 1. The summed E-state index contributed by atoms with van der Waals surface area (Å²) >= 11 is 7.39. The van der Waals surface area contributed by atoms with E-state index in [9.17, 15) is 4.79 Å². The van der Waals surface area contributed by atoms with E-state index in [4.69, 9.17) is 11.6 Å². The molecule has 2 rings (SSSR count). The first kappa shape index (κ1) is 12.1. The number of hydrogen-bond acceptors (Lipinski definition) is 2. The molecule has 0 radical (unpaired) electrons. The number of hydrogen-bond donors (Lipinski definition) is 0. The zero-order valence-corrected chi connectivity index (χ0v) is 11.2. The van der Waals surface area contributed by atoms with Crippen molar-refractivity contribution in [2.45, 2.75) is 45.4 Å². The molecule has 1 aliphatic rings. The van der Waals surface area contributed by atoms with Crippen molar-refractivity contribution in [3.63, 3.8) is 0 Å². The van der Waals surface area contributed by atoms with Crippen LogP contribution in [0.15, 0.2) is 6.07 Å². The Kier molecular flexibility index (Phi) is 4.04. The Morgan fingerprint density at radius 2 is 2.19 bits per heavy atom. The molecule has 0 unspecified atom stereocenters. The maximum atomic E-state index is 11.9. The topological polar surface area (TPSA) is 17.1 Å². The zero-order valence-electron chi connectivity index (χ0n) is 9.59. The minimum absolute atomic E-state index is 0.270. The lowest BCUT2D eigenvalue weighted by molar-refractivity contribution is 0.0978. The molecule has 1 nitrogen and oxygen atoms in total. The Morgan fingerprint density at radius 1 is 1.50 bits per heavy atom. The normalized spacial score (nSPS) is 16.9. The van der Waals surface area contributed by atoms with Crippen molar-refractivity contribution in [1.82, 2.24) is 0 Å². The average molecular weight is 257 g/mol. The molecule has 1 heterocycles. The van der Waals surface area contributed by atoms with Crippen LogP contribution in [0.25, 0.3) is 0 Å². The fourth-order valence-electron chi connectivity index (χ4n) is 2.35. The van der Waals surface area contributed by atoms with Crippen molar-refractivity contribution in [3.05, 3.63) is 20.8 Å². The largest absolute Gasteiger partial charge is 0.293 e. The summed E-state index contributed by atoms with van der Waals surface area (Å²) in [6.07, 6.45) is 7.09. The Balaban J connectivity index is 1.87. The van der Waals surface area contributed by atoms with Gasteiger partial charge in [0.25, 0.3) is 0 Å².